The molecule has 6 heteroatoms. The smallest absolute Gasteiger partial charge is 0.142 e. The van der Waals surface area contributed by atoms with Crippen LogP contribution in [0.15, 0.2) is 16.5 Å². The van der Waals surface area contributed by atoms with Crippen molar-refractivity contribution in [2.24, 2.45) is 0 Å². The zero-order valence-electron chi connectivity index (χ0n) is 10.7. The van der Waals surface area contributed by atoms with Gasteiger partial charge in [-0.05, 0) is 12.1 Å². The van der Waals surface area contributed by atoms with Gasteiger partial charge in [-0.3, -0.25) is 0 Å². The number of pyridine rings is 1. The van der Waals surface area contributed by atoms with Gasteiger partial charge in [0.25, 0.3) is 0 Å². The molecule has 0 fully saturated rings. The third kappa shape index (κ3) is 1.93. The molecule has 0 spiro atoms. The summed E-state index contributed by atoms with van der Waals surface area (Å²) in [6.45, 7) is 0.772. The molecule has 0 radical (unpaired) electrons. The second-order valence-electron chi connectivity index (χ2n) is 4.51. The number of nitrogens with two attached hydrogens (primary N) is 1. The maximum atomic E-state index is 9.32. The van der Waals surface area contributed by atoms with Gasteiger partial charge in [-0.15, -0.1) is 0 Å². The number of fused-ring (bicyclic) bond motifs is 1. The molecule has 0 bridgehead atoms. The van der Waals surface area contributed by atoms with Crippen LogP contribution in [0.5, 0.6) is 0 Å². The number of aromatic nitrogens is 1. The van der Waals surface area contributed by atoms with Crippen molar-refractivity contribution in [3.05, 3.63) is 34.7 Å². The van der Waals surface area contributed by atoms with E-state index in [0.29, 0.717) is 36.7 Å². The van der Waals surface area contributed by atoms with Crippen LogP contribution in [0.25, 0.3) is 11.3 Å². The Morgan fingerprint density at radius 1 is 1.45 bits per heavy atom. The summed E-state index contributed by atoms with van der Waals surface area (Å²) >= 11 is 0. The Hall–Kier alpha value is -2.36. The maximum Gasteiger partial charge on any atom is 0.142 e. The van der Waals surface area contributed by atoms with Crippen LogP contribution in [0, 0.1) is 11.3 Å². The average molecular weight is 271 g/mol. The molecule has 0 saturated carbocycles. The van der Waals surface area contributed by atoms with E-state index in [1.807, 2.05) is 0 Å². The van der Waals surface area contributed by atoms with Gasteiger partial charge in [0.2, 0.25) is 0 Å². The average Bonchev–Trinajstić information content (AvgIpc) is 2.94. The summed E-state index contributed by atoms with van der Waals surface area (Å²) in [5.41, 5.74) is 8.44. The summed E-state index contributed by atoms with van der Waals surface area (Å²) in [4.78, 5) is 4.28. The molecule has 0 atom stereocenters. The maximum absolute atomic E-state index is 9.32. The molecular weight excluding hydrogens is 258 g/mol. The van der Waals surface area contributed by atoms with Crippen LogP contribution in [0.3, 0.4) is 0 Å². The summed E-state index contributed by atoms with van der Waals surface area (Å²) in [7, 11) is 0. The molecule has 3 N–H and O–H groups in total. The molecular formula is C14H13N3O3. The normalized spacial score (nSPS) is 13.8. The van der Waals surface area contributed by atoms with Crippen LogP contribution < -0.4 is 5.73 Å². The minimum Gasteiger partial charge on any atom is -0.459 e. The number of hydrogen-bond donors (Lipinski definition) is 2. The summed E-state index contributed by atoms with van der Waals surface area (Å²) in [6, 6.07) is 5.46. The SMILES string of the molecule is N#Cc1c(N)nc2c(c1-c1ccc(CO)o1)COCC2. The molecule has 20 heavy (non-hydrogen) atoms. The molecule has 0 amide bonds. The van der Waals surface area contributed by atoms with Crippen molar-refractivity contribution >= 4 is 5.82 Å². The highest BCUT2D eigenvalue weighted by Gasteiger charge is 2.24. The van der Waals surface area contributed by atoms with Gasteiger partial charge < -0.3 is 20.0 Å². The first-order valence-electron chi connectivity index (χ1n) is 6.23. The van der Waals surface area contributed by atoms with Crippen LogP contribution >= 0.6 is 0 Å². The van der Waals surface area contributed by atoms with E-state index in [4.69, 9.17) is 20.0 Å². The summed E-state index contributed by atoms with van der Waals surface area (Å²) in [6.07, 6.45) is 0.659. The molecule has 102 valence electrons. The first kappa shape index (κ1) is 12.7. The van der Waals surface area contributed by atoms with E-state index in [1.54, 1.807) is 12.1 Å². The van der Waals surface area contributed by atoms with E-state index in [9.17, 15) is 5.26 Å². The van der Waals surface area contributed by atoms with E-state index in [2.05, 4.69) is 11.1 Å². The van der Waals surface area contributed by atoms with Gasteiger partial charge in [-0.1, -0.05) is 0 Å². The fourth-order valence-corrected chi connectivity index (χ4v) is 2.38. The molecule has 1 aliphatic rings. The largest absolute Gasteiger partial charge is 0.459 e. The Labute approximate surface area is 115 Å². The molecule has 2 aromatic heterocycles. The Bertz CT molecular complexity index is 700. The third-order valence-electron chi connectivity index (χ3n) is 3.32. The number of nitrogens with zero attached hydrogens (tertiary/aromatic N) is 2. The first-order valence-corrected chi connectivity index (χ1v) is 6.23. The number of anilines is 1. The predicted octanol–water partition coefficient (Wildman–Crippen LogP) is 1.36. The lowest BCUT2D eigenvalue weighted by Gasteiger charge is -2.20. The Morgan fingerprint density at radius 3 is 3.00 bits per heavy atom. The number of nitrogen functional groups attached to an aromatic ring is 1. The topological polar surface area (TPSA) is 105 Å². The van der Waals surface area contributed by atoms with Gasteiger partial charge >= 0.3 is 0 Å². The molecule has 0 saturated heterocycles. The standard InChI is InChI=1S/C14H13N3O3/c15-5-9-13(12-2-1-8(6-18)20-12)10-7-19-4-3-11(10)17-14(9)16/h1-2,18H,3-4,6-7H2,(H2,16,17). The molecule has 0 aliphatic carbocycles. The predicted molar refractivity (Wildman–Crippen MR) is 70.3 cm³/mol. The van der Waals surface area contributed by atoms with Gasteiger partial charge in [0.15, 0.2) is 0 Å². The zero-order valence-corrected chi connectivity index (χ0v) is 10.7. The molecule has 3 rings (SSSR count). The van der Waals surface area contributed by atoms with Crippen LogP contribution in [0.1, 0.15) is 22.6 Å². The fraction of sp³-hybridized carbons (Fsp3) is 0.286. The van der Waals surface area contributed by atoms with Crippen molar-refractivity contribution in [2.75, 3.05) is 12.3 Å². The molecule has 6 nitrogen and oxygen atoms in total. The second kappa shape index (κ2) is 4.96. The third-order valence-corrected chi connectivity index (χ3v) is 3.32. The number of aliphatic hydroxyl groups is 1. The van der Waals surface area contributed by atoms with Crippen LogP contribution in [0.2, 0.25) is 0 Å². The van der Waals surface area contributed by atoms with Crippen molar-refractivity contribution in [2.45, 2.75) is 19.6 Å². The Kier molecular flexibility index (Phi) is 3.14. The minimum absolute atomic E-state index is 0.193. The molecule has 2 aromatic rings. The Morgan fingerprint density at radius 2 is 2.30 bits per heavy atom. The van der Waals surface area contributed by atoms with Gasteiger partial charge in [0.1, 0.15) is 35.6 Å². The lowest BCUT2D eigenvalue weighted by atomic mass is 9.96. The summed E-state index contributed by atoms with van der Waals surface area (Å²) in [5, 5.41) is 18.4. The highest BCUT2D eigenvalue weighted by atomic mass is 16.5. The summed E-state index contributed by atoms with van der Waals surface area (Å²) < 4.78 is 11.0. The van der Waals surface area contributed by atoms with Crippen LogP contribution in [0.4, 0.5) is 5.82 Å². The number of furan rings is 1. The van der Waals surface area contributed by atoms with Crippen LogP contribution in [-0.2, 0) is 24.4 Å². The van der Waals surface area contributed by atoms with Gasteiger partial charge in [-0.25, -0.2) is 4.98 Å². The highest BCUT2D eigenvalue weighted by Crippen LogP contribution is 2.35. The number of nitriles is 1. The number of rotatable bonds is 2. The molecule has 3 heterocycles. The van der Waals surface area contributed by atoms with Crippen molar-refractivity contribution in [1.29, 1.82) is 5.26 Å². The van der Waals surface area contributed by atoms with Crippen molar-refractivity contribution in [3.8, 4) is 17.4 Å². The number of ether oxygens (including phenoxy) is 1. The van der Waals surface area contributed by atoms with Crippen molar-refractivity contribution in [3.63, 3.8) is 0 Å². The lowest BCUT2D eigenvalue weighted by molar-refractivity contribution is 0.109. The second-order valence-corrected chi connectivity index (χ2v) is 4.51. The monoisotopic (exact) mass is 271 g/mol. The van der Waals surface area contributed by atoms with Crippen LogP contribution in [-0.4, -0.2) is 16.7 Å². The quantitative estimate of drug-likeness (QED) is 0.854. The van der Waals surface area contributed by atoms with Gasteiger partial charge in [0.05, 0.1) is 18.9 Å². The minimum atomic E-state index is -0.193. The summed E-state index contributed by atoms with van der Waals surface area (Å²) in [5.74, 6) is 1.14. The van der Waals surface area contributed by atoms with E-state index < -0.39 is 0 Å². The molecule has 0 unspecified atom stereocenters. The molecule has 1 aliphatic heterocycles. The van der Waals surface area contributed by atoms with E-state index >= 15 is 0 Å². The number of hydrogen-bond acceptors (Lipinski definition) is 6. The Balaban J connectivity index is 2.26. The van der Waals surface area contributed by atoms with E-state index in [1.165, 1.54) is 0 Å². The molecule has 0 aromatic carbocycles. The van der Waals surface area contributed by atoms with E-state index in [-0.39, 0.29) is 18.0 Å². The van der Waals surface area contributed by atoms with E-state index in [0.717, 1.165) is 11.3 Å². The number of aliphatic hydroxyl groups excluding tert-OH is 1. The first-order chi connectivity index (χ1) is 9.74. The zero-order chi connectivity index (χ0) is 14.1. The van der Waals surface area contributed by atoms with Gasteiger partial charge in [-0.2, -0.15) is 5.26 Å². The highest BCUT2D eigenvalue weighted by molar-refractivity contribution is 5.76. The van der Waals surface area contributed by atoms with Gasteiger partial charge in [0, 0.05) is 17.5 Å². The van der Waals surface area contributed by atoms with Crippen molar-refractivity contribution in [1.82, 2.24) is 4.98 Å². The van der Waals surface area contributed by atoms with Crippen molar-refractivity contribution < 1.29 is 14.3 Å². The lowest BCUT2D eigenvalue weighted by Crippen LogP contribution is -2.15. The fourth-order valence-electron chi connectivity index (χ4n) is 2.38.